The number of carbonyl (C=O) groups is 2. The first-order valence-electron chi connectivity index (χ1n) is 6.11. The lowest BCUT2D eigenvalue weighted by atomic mass is 10.2. The summed E-state index contributed by atoms with van der Waals surface area (Å²) >= 11 is 0. The van der Waals surface area contributed by atoms with Crippen LogP contribution in [0.4, 0.5) is 0 Å². The summed E-state index contributed by atoms with van der Waals surface area (Å²) in [5.74, 6) is -1.33. The van der Waals surface area contributed by atoms with Gasteiger partial charge in [0, 0.05) is 0 Å². The third kappa shape index (κ3) is 9.84. The van der Waals surface area contributed by atoms with Crippen LogP contribution < -0.4 is 0 Å². The van der Waals surface area contributed by atoms with Gasteiger partial charge in [0.1, 0.15) is 6.54 Å². The zero-order chi connectivity index (χ0) is 14.2. The number of carboxylic acids is 1. The SMILES string of the molecule is CC/C=C/CC(=O)OC(CC(=O)O)C[N+](C)(C)C. The van der Waals surface area contributed by atoms with Gasteiger partial charge in [-0.2, -0.15) is 0 Å². The van der Waals surface area contributed by atoms with Crippen LogP contribution in [-0.4, -0.2) is 55.3 Å². The van der Waals surface area contributed by atoms with Gasteiger partial charge in [-0.3, -0.25) is 9.59 Å². The molecule has 1 N–H and O–H groups in total. The largest absolute Gasteiger partial charge is 0.481 e. The van der Waals surface area contributed by atoms with Crippen LogP contribution in [-0.2, 0) is 14.3 Å². The Morgan fingerprint density at radius 3 is 2.33 bits per heavy atom. The average Bonchev–Trinajstić information content (AvgIpc) is 2.13. The van der Waals surface area contributed by atoms with Crippen LogP contribution >= 0.6 is 0 Å². The van der Waals surface area contributed by atoms with Crippen LogP contribution in [0, 0.1) is 0 Å². The zero-order valence-corrected chi connectivity index (χ0v) is 11.7. The van der Waals surface area contributed by atoms with Crippen LogP contribution in [0.3, 0.4) is 0 Å². The summed E-state index contributed by atoms with van der Waals surface area (Å²) in [6, 6.07) is 0. The molecule has 0 saturated heterocycles. The topological polar surface area (TPSA) is 63.6 Å². The van der Waals surface area contributed by atoms with E-state index in [0.29, 0.717) is 11.0 Å². The standard InChI is InChI=1S/C13H23NO4/c1-5-6-7-8-13(17)18-11(9-12(15)16)10-14(2,3)4/h6-7,11H,5,8-10H2,1-4H3/p+1/b7-6+. The molecular formula is C13H24NO4+. The number of esters is 1. The molecule has 0 aliphatic rings. The van der Waals surface area contributed by atoms with Crippen LogP contribution in [0.1, 0.15) is 26.2 Å². The number of quaternary nitrogens is 1. The molecule has 104 valence electrons. The minimum Gasteiger partial charge on any atom is -0.481 e. The van der Waals surface area contributed by atoms with Gasteiger partial charge < -0.3 is 14.3 Å². The van der Waals surface area contributed by atoms with Crippen LogP contribution in [0.2, 0.25) is 0 Å². The van der Waals surface area contributed by atoms with E-state index in [2.05, 4.69) is 0 Å². The molecule has 0 saturated carbocycles. The lowest BCUT2D eigenvalue weighted by Gasteiger charge is -2.28. The second-order valence-electron chi connectivity index (χ2n) is 5.27. The predicted molar refractivity (Wildman–Crippen MR) is 69.1 cm³/mol. The zero-order valence-electron chi connectivity index (χ0n) is 11.7. The van der Waals surface area contributed by atoms with E-state index in [4.69, 9.17) is 9.84 Å². The summed E-state index contributed by atoms with van der Waals surface area (Å²) < 4.78 is 5.75. The Balaban J connectivity index is 4.35. The molecule has 5 nitrogen and oxygen atoms in total. The third-order valence-corrected chi connectivity index (χ3v) is 2.14. The summed E-state index contributed by atoms with van der Waals surface area (Å²) in [7, 11) is 5.79. The van der Waals surface area contributed by atoms with Crippen molar-refractivity contribution in [2.75, 3.05) is 27.7 Å². The number of ether oxygens (including phenoxy) is 1. The highest BCUT2D eigenvalue weighted by molar-refractivity contribution is 5.72. The van der Waals surface area contributed by atoms with E-state index in [0.717, 1.165) is 6.42 Å². The van der Waals surface area contributed by atoms with E-state index < -0.39 is 12.1 Å². The third-order valence-electron chi connectivity index (χ3n) is 2.14. The summed E-state index contributed by atoms with van der Waals surface area (Å²) in [5, 5.41) is 8.80. The molecule has 0 aliphatic heterocycles. The summed E-state index contributed by atoms with van der Waals surface area (Å²) in [6.45, 7) is 2.46. The van der Waals surface area contributed by atoms with Gasteiger partial charge in [0.25, 0.3) is 0 Å². The van der Waals surface area contributed by atoms with Crippen molar-refractivity contribution in [1.29, 1.82) is 0 Å². The van der Waals surface area contributed by atoms with Crippen LogP contribution in [0.15, 0.2) is 12.2 Å². The number of hydrogen-bond acceptors (Lipinski definition) is 3. The molecule has 0 rings (SSSR count). The molecule has 1 unspecified atom stereocenters. The van der Waals surface area contributed by atoms with Gasteiger partial charge in [0.15, 0.2) is 6.10 Å². The van der Waals surface area contributed by atoms with Crippen molar-refractivity contribution < 1.29 is 23.9 Å². The van der Waals surface area contributed by atoms with Crippen molar-refractivity contribution >= 4 is 11.9 Å². The molecule has 1 atom stereocenters. The predicted octanol–water partition coefficient (Wildman–Crippen LogP) is 1.44. The molecular weight excluding hydrogens is 234 g/mol. The van der Waals surface area contributed by atoms with Crippen LogP contribution in [0.5, 0.6) is 0 Å². The van der Waals surface area contributed by atoms with Gasteiger partial charge in [0.05, 0.1) is 34.0 Å². The second-order valence-corrected chi connectivity index (χ2v) is 5.27. The van der Waals surface area contributed by atoms with Crippen LogP contribution in [0.25, 0.3) is 0 Å². The Morgan fingerprint density at radius 1 is 1.28 bits per heavy atom. The Bertz CT molecular complexity index is 305. The number of rotatable bonds is 8. The molecule has 0 aliphatic carbocycles. The number of likely N-dealkylation sites (N-methyl/N-ethyl adjacent to an activating group) is 1. The van der Waals surface area contributed by atoms with E-state index in [1.807, 2.05) is 34.1 Å². The van der Waals surface area contributed by atoms with Gasteiger partial charge in [-0.15, -0.1) is 0 Å². The maximum Gasteiger partial charge on any atom is 0.310 e. The normalized spacial score (nSPS) is 13.6. The average molecular weight is 258 g/mol. The fraction of sp³-hybridized carbons (Fsp3) is 0.692. The fourth-order valence-corrected chi connectivity index (χ4v) is 1.53. The van der Waals surface area contributed by atoms with E-state index in [1.165, 1.54) is 0 Å². The minimum absolute atomic E-state index is 0.154. The van der Waals surface area contributed by atoms with Crippen molar-refractivity contribution in [3.05, 3.63) is 12.2 Å². The molecule has 0 amide bonds. The van der Waals surface area contributed by atoms with Gasteiger partial charge in [-0.25, -0.2) is 0 Å². The molecule has 0 bridgehead atoms. The molecule has 0 aromatic rings. The lowest BCUT2D eigenvalue weighted by molar-refractivity contribution is -0.873. The van der Waals surface area contributed by atoms with E-state index >= 15 is 0 Å². The Hall–Kier alpha value is -1.36. The van der Waals surface area contributed by atoms with Gasteiger partial charge in [-0.1, -0.05) is 19.1 Å². The number of carbonyl (C=O) groups excluding carboxylic acids is 1. The number of allylic oxidation sites excluding steroid dienone is 1. The van der Waals surface area contributed by atoms with Crippen molar-refractivity contribution in [3.8, 4) is 0 Å². The Labute approximate surface area is 109 Å². The molecule has 0 radical (unpaired) electrons. The number of carboxylic acid groups (broad SMARTS) is 1. The molecule has 0 aromatic carbocycles. The summed E-state index contributed by atoms with van der Waals surface area (Å²) in [5.41, 5.74) is 0. The minimum atomic E-state index is -0.953. The molecule has 0 aromatic heterocycles. The quantitative estimate of drug-likeness (QED) is 0.406. The van der Waals surface area contributed by atoms with E-state index in [9.17, 15) is 9.59 Å². The lowest BCUT2D eigenvalue weighted by Crippen LogP contribution is -2.43. The number of aliphatic carboxylic acids is 1. The van der Waals surface area contributed by atoms with Crippen molar-refractivity contribution in [2.45, 2.75) is 32.3 Å². The highest BCUT2D eigenvalue weighted by Gasteiger charge is 2.24. The van der Waals surface area contributed by atoms with Crippen molar-refractivity contribution in [2.24, 2.45) is 0 Å². The molecule has 0 heterocycles. The number of nitrogens with zero attached hydrogens (tertiary/aromatic N) is 1. The first-order chi connectivity index (χ1) is 8.24. The molecule has 0 fully saturated rings. The van der Waals surface area contributed by atoms with Gasteiger partial charge >= 0.3 is 11.9 Å². The van der Waals surface area contributed by atoms with Gasteiger partial charge in [0.2, 0.25) is 0 Å². The van der Waals surface area contributed by atoms with Gasteiger partial charge in [-0.05, 0) is 6.42 Å². The Kier molecular flexibility index (Phi) is 7.27. The van der Waals surface area contributed by atoms with Crippen molar-refractivity contribution in [3.63, 3.8) is 0 Å². The van der Waals surface area contributed by atoms with E-state index in [-0.39, 0.29) is 18.8 Å². The maximum absolute atomic E-state index is 11.5. The fourth-order valence-electron chi connectivity index (χ4n) is 1.53. The second kappa shape index (κ2) is 7.87. The highest BCUT2D eigenvalue weighted by atomic mass is 16.5. The summed E-state index contributed by atoms with van der Waals surface area (Å²) in [6.07, 6.45) is 3.95. The first-order valence-corrected chi connectivity index (χ1v) is 6.11. The summed E-state index contributed by atoms with van der Waals surface area (Å²) in [4.78, 5) is 22.2. The maximum atomic E-state index is 11.5. The highest BCUT2D eigenvalue weighted by Crippen LogP contribution is 2.06. The smallest absolute Gasteiger partial charge is 0.310 e. The molecule has 18 heavy (non-hydrogen) atoms. The Morgan fingerprint density at radius 2 is 1.89 bits per heavy atom. The number of hydrogen-bond donors (Lipinski definition) is 1. The first kappa shape index (κ1) is 16.6. The monoisotopic (exact) mass is 258 g/mol. The van der Waals surface area contributed by atoms with E-state index in [1.54, 1.807) is 6.08 Å². The van der Waals surface area contributed by atoms with Crippen molar-refractivity contribution in [1.82, 2.24) is 0 Å². The molecule has 5 heteroatoms. The molecule has 0 spiro atoms.